The van der Waals surface area contributed by atoms with Gasteiger partial charge in [-0.1, -0.05) is 13.8 Å². The standard InChI is InChI=1S/C17H18FNO2/c1-3-14-13(7-8-20-14)17(19-4-2)16-10-11-9-12(18)5-6-15(11)21-16/h5-10,17,19H,3-4H2,1-2H3. The maximum absolute atomic E-state index is 13.3. The van der Waals surface area contributed by atoms with Crippen LogP contribution >= 0.6 is 0 Å². The van der Waals surface area contributed by atoms with Gasteiger partial charge in [-0.15, -0.1) is 0 Å². The van der Waals surface area contributed by atoms with Gasteiger partial charge in [0.1, 0.15) is 22.9 Å². The van der Waals surface area contributed by atoms with Crippen LogP contribution in [-0.4, -0.2) is 6.54 Å². The molecule has 0 fully saturated rings. The van der Waals surface area contributed by atoms with Crippen molar-refractivity contribution in [2.24, 2.45) is 0 Å². The van der Waals surface area contributed by atoms with Gasteiger partial charge in [0.15, 0.2) is 0 Å². The van der Waals surface area contributed by atoms with Gasteiger partial charge in [0, 0.05) is 17.4 Å². The molecule has 2 heterocycles. The van der Waals surface area contributed by atoms with Crippen molar-refractivity contribution in [3.8, 4) is 0 Å². The number of furan rings is 2. The summed E-state index contributed by atoms with van der Waals surface area (Å²) in [6.45, 7) is 4.89. The molecule has 21 heavy (non-hydrogen) atoms. The monoisotopic (exact) mass is 287 g/mol. The predicted octanol–water partition coefficient (Wildman–Crippen LogP) is 4.43. The Hall–Kier alpha value is -2.07. The molecule has 1 unspecified atom stereocenters. The molecule has 2 aromatic heterocycles. The molecule has 0 saturated carbocycles. The van der Waals surface area contributed by atoms with Crippen LogP contribution in [-0.2, 0) is 6.42 Å². The van der Waals surface area contributed by atoms with E-state index >= 15 is 0 Å². The van der Waals surface area contributed by atoms with Crippen molar-refractivity contribution in [2.75, 3.05) is 6.54 Å². The van der Waals surface area contributed by atoms with E-state index in [4.69, 9.17) is 8.83 Å². The van der Waals surface area contributed by atoms with Crippen molar-refractivity contribution in [2.45, 2.75) is 26.3 Å². The van der Waals surface area contributed by atoms with E-state index in [9.17, 15) is 4.39 Å². The first kappa shape index (κ1) is 13.9. The Morgan fingerprint density at radius 2 is 2.05 bits per heavy atom. The maximum Gasteiger partial charge on any atom is 0.134 e. The number of hydrogen-bond donors (Lipinski definition) is 1. The van der Waals surface area contributed by atoms with Gasteiger partial charge in [-0.2, -0.15) is 0 Å². The van der Waals surface area contributed by atoms with Gasteiger partial charge >= 0.3 is 0 Å². The van der Waals surface area contributed by atoms with Crippen LogP contribution < -0.4 is 5.32 Å². The highest BCUT2D eigenvalue weighted by molar-refractivity contribution is 5.78. The first-order valence-corrected chi connectivity index (χ1v) is 7.21. The van der Waals surface area contributed by atoms with Crippen molar-refractivity contribution in [3.63, 3.8) is 0 Å². The second-order valence-electron chi connectivity index (χ2n) is 4.97. The summed E-state index contributed by atoms with van der Waals surface area (Å²) in [6, 6.07) is 8.32. The zero-order chi connectivity index (χ0) is 14.8. The molecule has 4 heteroatoms. The molecule has 110 valence electrons. The molecular formula is C17H18FNO2. The summed E-state index contributed by atoms with van der Waals surface area (Å²) >= 11 is 0. The molecule has 0 aliphatic heterocycles. The van der Waals surface area contributed by atoms with Gasteiger partial charge in [-0.05, 0) is 36.9 Å². The fourth-order valence-corrected chi connectivity index (χ4v) is 2.64. The second-order valence-corrected chi connectivity index (χ2v) is 4.97. The van der Waals surface area contributed by atoms with E-state index in [1.807, 2.05) is 19.1 Å². The largest absolute Gasteiger partial charge is 0.469 e. The number of nitrogens with one attached hydrogen (secondary N) is 1. The lowest BCUT2D eigenvalue weighted by Crippen LogP contribution is -2.22. The van der Waals surface area contributed by atoms with Gasteiger partial charge in [-0.25, -0.2) is 4.39 Å². The molecule has 0 spiro atoms. The van der Waals surface area contributed by atoms with E-state index in [0.717, 1.165) is 35.4 Å². The molecule has 1 atom stereocenters. The van der Waals surface area contributed by atoms with E-state index in [1.165, 1.54) is 12.1 Å². The van der Waals surface area contributed by atoms with Gasteiger partial charge in [0.2, 0.25) is 0 Å². The van der Waals surface area contributed by atoms with Crippen LogP contribution in [0.4, 0.5) is 4.39 Å². The van der Waals surface area contributed by atoms with Crippen LogP contribution in [0.3, 0.4) is 0 Å². The predicted molar refractivity (Wildman–Crippen MR) is 79.8 cm³/mol. The Bertz CT molecular complexity index is 744. The van der Waals surface area contributed by atoms with Crippen molar-refractivity contribution >= 4 is 11.0 Å². The summed E-state index contributed by atoms with van der Waals surface area (Å²) in [6.07, 6.45) is 2.51. The lowest BCUT2D eigenvalue weighted by molar-refractivity contribution is 0.460. The molecule has 1 aromatic carbocycles. The maximum atomic E-state index is 13.3. The summed E-state index contributed by atoms with van der Waals surface area (Å²) in [5.74, 6) is 1.45. The van der Waals surface area contributed by atoms with Gasteiger partial charge in [0.25, 0.3) is 0 Å². The molecular weight excluding hydrogens is 269 g/mol. The number of halogens is 1. The Kier molecular flexibility index (Phi) is 3.80. The minimum absolute atomic E-state index is 0.0841. The highest BCUT2D eigenvalue weighted by Crippen LogP contribution is 2.31. The average Bonchev–Trinajstić information content (AvgIpc) is 3.10. The number of hydrogen-bond acceptors (Lipinski definition) is 3. The molecule has 0 radical (unpaired) electrons. The number of benzene rings is 1. The second kappa shape index (κ2) is 5.74. The van der Waals surface area contributed by atoms with E-state index < -0.39 is 0 Å². The molecule has 0 aliphatic carbocycles. The van der Waals surface area contributed by atoms with Crippen LogP contribution in [0, 0.1) is 5.82 Å². The Morgan fingerprint density at radius 1 is 1.19 bits per heavy atom. The number of aryl methyl sites for hydroxylation is 1. The summed E-state index contributed by atoms with van der Waals surface area (Å²) in [4.78, 5) is 0. The number of fused-ring (bicyclic) bond motifs is 1. The average molecular weight is 287 g/mol. The Balaban J connectivity index is 2.06. The van der Waals surface area contributed by atoms with Crippen molar-refractivity contribution in [1.82, 2.24) is 5.32 Å². The van der Waals surface area contributed by atoms with Gasteiger partial charge in [0.05, 0.1) is 12.3 Å². The fraction of sp³-hybridized carbons (Fsp3) is 0.294. The van der Waals surface area contributed by atoms with Gasteiger partial charge in [-0.3, -0.25) is 0 Å². The van der Waals surface area contributed by atoms with E-state index in [0.29, 0.717) is 5.58 Å². The summed E-state index contributed by atoms with van der Waals surface area (Å²) < 4.78 is 24.7. The Labute approximate surface area is 122 Å². The summed E-state index contributed by atoms with van der Waals surface area (Å²) in [7, 11) is 0. The lowest BCUT2D eigenvalue weighted by atomic mass is 10.0. The molecule has 0 saturated heterocycles. The molecule has 0 bridgehead atoms. The fourth-order valence-electron chi connectivity index (χ4n) is 2.64. The van der Waals surface area contributed by atoms with Crippen molar-refractivity contribution < 1.29 is 13.2 Å². The third-order valence-corrected chi connectivity index (χ3v) is 3.60. The van der Waals surface area contributed by atoms with Crippen LogP contribution in [0.25, 0.3) is 11.0 Å². The third kappa shape index (κ3) is 2.59. The first-order chi connectivity index (χ1) is 10.2. The summed E-state index contributed by atoms with van der Waals surface area (Å²) in [5.41, 5.74) is 1.76. The van der Waals surface area contributed by atoms with E-state index in [2.05, 4.69) is 12.2 Å². The highest BCUT2D eigenvalue weighted by atomic mass is 19.1. The zero-order valence-electron chi connectivity index (χ0n) is 12.2. The topological polar surface area (TPSA) is 38.3 Å². The van der Waals surface area contributed by atoms with E-state index in [-0.39, 0.29) is 11.9 Å². The molecule has 3 rings (SSSR count). The zero-order valence-corrected chi connectivity index (χ0v) is 12.2. The van der Waals surface area contributed by atoms with Crippen LogP contribution in [0.5, 0.6) is 0 Å². The highest BCUT2D eigenvalue weighted by Gasteiger charge is 2.22. The van der Waals surface area contributed by atoms with Crippen LogP contribution in [0.15, 0.2) is 45.4 Å². The normalized spacial score (nSPS) is 12.9. The van der Waals surface area contributed by atoms with Crippen molar-refractivity contribution in [1.29, 1.82) is 0 Å². The van der Waals surface area contributed by atoms with E-state index in [1.54, 1.807) is 12.3 Å². The molecule has 3 aromatic rings. The molecule has 3 nitrogen and oxygen atoms in total. The van der Waals surface area contributed by atoms with Crippen LogP contribution in [0.2, 0.25) is 0 Å². The van der Waals surface area contributed by atoms with Gasteiger partial charge < -0.3 is 14.2 Å². The molecule has 1 N–H and O–H groups in total. The first-order valence-electron chi connectivity index (χ1n) is 7.21. The molecule has 0 aliphatic rings. The quantitative estimate of drug-likeness (QED) is 0.754. The van der Waals surface area contributed by atoms with Crippen molar-refractivity contribution in [3.05, 3.63) is 59.5 Å². The SMILES string of the molecule is CCNC(c1cc2cc(F)ccc2o1)c1ccoc1CC. The third-order valence-electron chi connectivity index (χ3n) is 3.60. The van der Waals surface area contributed by atoms with Crippen LogP contribution in [0.1, 0.15) is 37.0 Å². The minimum atomic E-state index is -0.257. The summed E-state index contributed by atoms with van der Waals surface area (Å²) in [5, 5.41) is 4.18. The minimum Gasteiger partial charge on any atom is -0.469 e. The molecule has 0 amide bonds. The number of rotatable bonds is 5. The smallest absolute Gasteiger partial charge is 0.134 e. The lowest BCUT2D eigenvalue weighted by Gasteiger charge is -2.15. The Morgan fingerprint density at radius 3 is 2.81 bits per heavy atom.